The molecule has 1 N–H and O–H groups in total. The van der Waals surface area contributed by atoms with Crippen LogP contribution in [-0.4, -0.2) is 30.7 Å². The quantitative estimate of drug-likeness (QED) is 0.379. The Bertz CT molecular complexity index is 1530. The average Bonchev–Trinajstić information content (AvgIpc) is 3.18. The highest BCUT2D eigenvalue weighted by Crippen LogP contribution is 2.47. The van der Waals surface area contributed by atoms with Gasteiger partial charge < -0.3 is 5.32 Å². The highest BCUT2D eigenvalue weighted by atomic mass is 32.2. The van der Waals surface area contributed by atoms with Gasteiger partial charge in [0.05, 0.1) is 38.6 Å². The highest BCUT2D eigenvalue weighted by Gasteiger charge is 2.40. The van der Waals surface area contributed by atoms with Crippen molar-refractivity contribution in [1.82, 2.24) is 0 Å². The topological polar surface area (TPSA) is 153 Å². The number of nitro groups is 2. The molecule has 0 aromatic heterocycles. The first-order valence-corrected chi connectivity index (χ1v) is 12.1. The molecule has 1 aliphatic rings. The van der Waals surface area contributed by atoms with Crippen molar-refractivity contribution in [3.63, 3.8) is 0 Å². The van der Waals surface area contributed by atoms with Crippen LogP contribution in [0.1, 0.15) is 23.6 Å². The fraction of sp³-hybridized carbons (Fsp3) is 0.125. The minimum atomic E-state index is -4.20. The van der Waals surface area contributed by atoms with E-state index in [9.17, 15) is 33.4 Å². The number of amides is 1. The van der Waals surface area contributed by atoms with Crippen molar-refractivity contribution in [3.8, 4) is 0 Å². The maximum Gasteiger partial charge on any atom is 0.285 e. The van der Waals surface area contributed by atoms with Crippen molar-refractivity contribution >= 4 is 50.3 Å². The monoisotopic (exact) mass is 508 g/mol. The Morgan fingerprint density at radius 2 is 1.64 bits per heavy atom. The average molecular weight is 509 g/mol. The first-order valence-electron chi connectivity index (χ1n) is 10.6. The molecule has 0 atom stereocenters. The van der Waals surface area contributed by atoms with E-state index in [0.717, 1.165) is 22.0 Å². The van der Waals surface area contributed by atoms with Crippen molar-refractivity contribution in [2.24, 2.45) is 0 Å². The molecule has 3 aromatic carbocycles. The molecule has 0 bridgehead atoms. The Balaban J connectivity index is 1.90. The lowest BCUT2D eigenvalue weighted by molar-refractivity contribution is -0.394. The third kappa shape index (κ3) is 4.66. The van der Waals surface area contributed by atoms with Crippen molar-refractivity contribution in [2.75, 3.05) is 16.2 Å². The molecule has 12 heteroatoms. The Labute approximate surface area is 206 Å². The van der Waals surface area contributed by atoms with E-state index >= 15 is 0 Å². The molecule has 0 saturated carbocycles. The molecule has 4 rings (SSSR count). The Morgan fingerprint density at radius 3 is 2.19 bits per heavy atom. The van der Waals surface area contributed by atoms with Gasteiger partial charge in [0.1, 0.15) is 0 Å². The summed E-state index contributed by atoms with van der Waals surface area (Å²) in [5.41, 5.74) is 0.964. The van der Waals surface area contributed by atoms with Crippen LogP contribution < -0.4 is 9.62 Å². The number of anilines is 2. The van der Waals surface area contributed by atoms with E-state index in [1.54, 1.807) is 49.4 Å². The van der Waals surface area contributed by atoms with Crippen LogP contribution >= 0.6 is 0 Å². The van der Waals surface area contributed by atoms with Crippen molar-refractivity contribution in [3.05, 3.63) is 97.6 Å². The summed E-state index contributed by atoms with van der Waals surface area (Å²) in [6.07, 6.45) is 1.58. The Kier molecular flexibility index (Phi) is 6.29. The zero-order valence-corrected chi connectivity index (χ0v) is 20.0. The lowest BCUT2D eigenvalue weighted by Crippen LogP contribution is -2.29. The van der Waals surface area contributed by atoms with E-state index in [0.29, 0.717) is 16.8 Å². The fourth-order valence-electron chi connectivity index (χ4n) is 3.93. The number of benzene rings is 3. The molecule has 0 fully saturated rings. The SMILES string of the molecule is CC(=O)Nc1ccc(/C=C2\CN(S(=O)(=O)c3ccc(C)cc3)c3cc([N+](=O)[O-])cc([N+](=O)[O-])c32)cc1. The number of hydrogen-bond donors (Lipinski definition) is 1. The second-order valence-electron chi connectivity index (χ2n) is 8.17. The first-order chi connectivity index (χ1) is 17.0. The molecule has 0 saturated heterocycles. The van der Waals surface area contributed by atoms with Gasteiger partial charge in [0.25, 0.3) is 21.4 Å². The van der Waals surface area contributed by atoms with E-state index in [1.807, 2.05) is 0 Å². The maximum atomic E-state index is 13.5. The smallest absolute Gasteiger partial charge is 0.285 e. The van der Waals surface area contributed by atoms with Gasteiger partial charge in [-0.3, -0.25) is 29.3 Å². The van der Waals surface area contributed by atoms with Gasteiger partial charge in [0.15, 0.2) is 0 Å². The van der Waals surface area contributed by atoms with Crippen LogP contribution in [0, 0.1) is 27.2 Å². The maximum absolute atomic E-state index is 13.5. The zero-order valence-electron chi connectivity index (χ0n) is 19.2. The summed E-state index contributed by atoms with van der Waals surface area (Å²) in [5, 5.41) is 26.0. The number of carbonyl (C=O) groups is 1. The summed E-state index contributed by atoms with van der Waals surface area (Å²) in [7, 11) is -4.20. The van der Waals surface area contributed by atoms with Crippen LogP contribution in [0.4, 0.5) is 22.7 Å². The van der Waals surface area contributed by atoms with Crippen molar-refractivity contribution < 1.29 is 23.1 Å². The summed E-state index contributed by atoms with van der Waals surface area (Å²) in [6, 6.07) is 14.5. The summed E-state index contributed by atoms with van der Waals surface area (Å²) >= 11 is 0. The minimum absolute atomic E-state index is 0.00720. The third-order valence-electron chi connectivity index (χ3n) is 5.57. The van der Waals surface area contributed by atoms with Gasteiger partial charge in [0.2, 0.25) is 5.91 Å². The molecular formula is C24H20N4O7S. The molecule has 0 aliphatic carbocycles. The second kappa shape index (κ2) is 9.23. The zero-order chi connectivity index (χ0) is 26.2. The number of hydrogen-bond acceptors (Lipinski definition) is 7. The number of carbonyl (C=O) groups excluding carboxylic acids is 1. The van der Waals surface area contributed by atoms with Crippen LogP contribution in [0.15, 0.2) is 65.6 Å². The molecule has 11 nitrogen and oxygen atoms in total. The second-order valence-corrected chi connectivity index (χ2v) is 10.0. The Morgan fingerprint density at radius 1 is 1.00 bits per heavy atom. The van der Waals surface area contributed by atoms with Gasteiger partial charge in [-0.2, -0.15) is 0 Å². The normalized spacial score (nSPS) is 13.9. The van der Waals surface area contributed by atoms with Crippen molar-refractivity contribution in [2.45, 2.75) is 18.7 Å². The number of aryl methyl sites for hydroxylation is 1. The number of nitro benzene ring substituents is 2. The number of fused-ring (bicyclic) bond motifs is 1. The predicted octanol–water partition coefficient (Wildman–Crippen LogP) is 4.52. The minimum Gasteiger partial charge on any atom is -0.326 e. The van der Waals surface area contributed by atoms with E-state index in [4.69, 9.17) is 0 Å². The van der Waals surface area contributed by atoms with E-state index in [-0.39, 0.29) is 28.6 Å². The molecule has 3 aromatic rings. The summed E-state index contributed by atoms with van der Waals surface area (Å²) in [6.45, 7) is 2.90. The molecule has 0 radical (unpaired) electrons. The third-order valence-corrected chi connectivity index (χ3v) is 7.35. The number of nitrogens with one attached hydrogen (secondary N) is 1. The summed E-state index contributed by atoms with van der Waals surface area (Å²) < 4.78 is 28.0. The molecule has 1 aliphatic heterocycles. The molecule has 36 heavy (non-hydrogen) atoms. The van der Waals surface area contributed by atoms with E-state index in [1.165, 1.54) is 19.1 Å². The summed E-state index contributed by atoms with van der Waals surface area (Å²) in [4.78, 5) is 33.0. The van der Waals surface area contributed by atoms with Crippen LogP contribution in [0.2, 0.25) is 0 Å². The largest absolute Gasteiger partial charge is 0.326 e. The number of rotatable bonds is 6. The number of nitrogens with zero attached hydrogens (tertiary/aromatic N) is 3. The van der Waals surface area contributed by atoms with Crippen LogP contribution in [0.3, 0.4) is 0 Å². The van der Waals surface area contributed by atoms with Crippen LogP contribution in [-0.2, 0) is 14.8 Å². The van der Waals surface area contributed by atoms with E-state index < -0.39 is 31.2 Å². The highest BCUT2D eigenvalue weighted by molar-refractivity contribution is 7.92. The fourth-order valence-corrected chi connectivity index (χ4v) is 5.37. The van der Waals surface area contributed by atoms with Crippen LogP contribution in [0.25, 0.3) is 11.6 Å². The van der Waals surface area contributed by atoms with Gasteiger partial charge in [-0.05, 0) is 48.4 Å². The van der Waals surface area contributed by atoms with Gasteiger partial charge in [0, 0.05) is 18.7 Å². The van der Waals surface area contributed by atoms with E-state index in [2.05, 4.69) is 5.32 Å². The van der Waals surface area contributed by atoms with Gasteiger partial charge in [-0.25, -0.2) is 8.42 Å². The van der Waals surface area contributed by atoms with Gasteiger partial charge in [-0.1, -0.05) is 29.8 Å². The lowest BCUT2D eigenvalue weighted by atomic mass is 10.0. The molecule has 1 heterocycles. The molecule has 1 amide bonds. The van der Waals surface area contributed by atoms with Gasteiger partial charge >= 0.3 is 0 Å². The molecule has 0 unspecified atom stereocenters. The molecule has 0 spiro atoms. The molecular weight excluding hydrogens is 488 g/mol. The van der Waals surface area contributed by atoms with Crippen molar-refractivity contribution in [1.29, 1.82) is 0 Å². The lowest BCUT2D eigenvalue weighted by Gasteiger charge is -2.19. The van der Waals surface area contributed by atoms with Gasteiger partial charge in [-0.15, -0.1) is 0 Å². The summed E-state index contributed by atoms with van der Waals surface area (Å²) in [5.74, 6) is -0.250. The number of non-ortho nitro benzene ring substituents is 1. The van der Waals surface area contributed by atoms with Crippen LogP contribution in [0.5, 0.6) is 0 Å². The molecule has 184 valence electrons. The predicted molar refractivity (Wildman–Crippen MR) is 134 cm³/mol. The standard InChI is InChI=1S/C24H20N4O7S/c1-15-3-9-21(10-4-15)36(34,35)26-14-18(11-17-5-7-19(8-6-17)25-16(2)29)24-22(26)12-20(27(30)31)13-23(24)28(32)33/h3-13H,14H2,1-2H3,(H,25,29)/b18-11+. The Hall–Kier alpha value is -4.58. The first kappa shape index (κ1) is 24.5. The number of sulfonamides is 1.